The lowest BCUT2D eigenvalue weighted by Crippen LogP contribution is -2.34. The zero-order valence-corrected chi connectivity index (χ0v) is 20.1. The van der Waals surface area contributed by atoms with Crippen LogP contribution in [0.25, 0.3) is 10.9 Å². The predicted octanol–water partition coefficient (Wildman–Crippen LogP) is 5.23. The summed E-state index contributed by atoms with van der Waals surface area (Å²) >= 11 is 6.24. The summed E-state index contributed by atoms with van der Waals surface area (Å²) in [6.07, 6.45) is 0.510. The fourth-order valence-electron chi connectivity index (χ4n) is 3.87. The van der Waals surface area contributed by atoms with E-state index in [4.69, 9.17) is 11.6 Å². The molecule has 0 aliphatic carbocycles. The Morgan fingerprint density at radius 3 is 2.42 bits per heavy atom. The first-order chi connectivity index (χ1) is 15.7. The van der Waals surface area contributed by atoms with Gasteiger partial charge in [-0.05, 0) is 61.0 Å². The van der Waals surface area contributed by atoms with Crippen LogP contribution in [0, 0.1) is 13.8 Å². The normalized spacial score (nSPS) is 11.9. The Morgan fingerprint density at radius 1 is 0.909 bits per heavy atom. The van der Waals surface area contributed by atoms with Crippen LogP contribution in [0.2, 0.25) is 5.02 Å². The van der Waals surface area contributed by atoms with Crippen molar-refractivity contribution in [2.75, 3.05) is 6.54 Å². The lowest BCUT2D eigenvalue weighted by Gasteiger charge is -2.23. The van der Waals surface area contributed by atoms with Crippen molar-refractivity contribution >= 4 is 32.5 Å². The maximum Gasteiger partial charge on any atom is 0.252 e. The molecule has 4 aromatic rings. The molecule has 0 bridgehead atoms. The minimum Gasteiger partial charge on any atom is -0.322 e. The Hall–Kier alpha value is -2.93. The van der Waals surface area contributed by atoms with Gasteiger partial charge in [0.1, 0.15) is 4.90 Å². The summed E-state index contributed by atoms with van der Waals surface area (Å²) in [5, 5.41) is 1.00. The van der Waals surface area contributed by atoms with Gasteiger partial charge in [0.15, 0.2) is 0 Å². The smallest absolute Gasteiger partial charge is 0.252 e. The zero-order chi connectivity index (χ0) is 23.6. The van der Waals surface area contributed by atoms with Gasteiger partial charge in [0, 0.05) is 24.2 Å². The molecule has 0 atom stereocenters. The van der Waals surface area contributed by atoms with Crippen molar-refractivity contribution in [1.29, 1.82) is 0 Å². The van der Waals surface area contributed by atoms with Crippen molar-refractivity contribution in [2.45, 2.75) is 31.7 Å². The second-order valence-electron chi connectivity index (χ2n) is 8.22. The molecule has 0 aliphatic rings. The number of fused-ring (bicyclic) bond motifs is 1. The Bertz CT molecular complexity index is 1480. The Morgan fingerprint density at radius 2 is 1.67 bits per heavy atom. The minimum absolute atomic E-state index is 0.0313. The number of halogens is 1. The van der Waals surface area contributed by atoms with Gasteiger partial charge in [0.2, 0.25) is 10.0 Å². The van der Waals surface area contributed by atoms with Gasteiger partial charge in [0.05, 0.1) is 5.02 Å². The van der Waals surface area contributed by atoms with Gasteiger partial charge in [0.25, 0.3) is 5.56 Å². The highest BCUT2D eigenvalue weighted by Crippen LogP contribution is 2.26. The second kappa shape index (κ2) is 9.51. The molecule has 1 heterocycles. The monoisotopic (exact) mass is 480 g/mol. The first-order valence-corrected chi connectivity index (χ1v) is 12.5. The molecule has 0 amide bonds. The van der Waals surface area contributed by atoms with Crippen molar-refractivity contribution in [3.8, 4) is 0 Å². The van der Waals surface area contributed by atoms with Crippen molar-refractivity contribution < 1.29 is 8.42 Å². The number of H-pyrrole nitrogens is 1. The van der Waals surface area contributed by atoms with Crippen LogP contribution in [0.4, 0.5) is 0 Å². The van der Waals surface area contributed by atoms with Crippen molar-refractivity contribution in [2.24, 2.45) is 0 Å². The van der Waals surface area contributed by atoms with E-state index in [0.717, 1.165) is 27.6 Å². The fraction of sp³-hybridized carbons (Fsp3) is 0.192. The van der Waals surface area contributed by atoms with Crippen LogP contribution >= 0.6 is 11.6 Å². The van der Waals surface area contributed by atoms with Crippen molar-refractivity contribution in [3.05, 3.63) is 110 Å². The molecule has 0 aliphatic heterocycles. The van der Waals surface area contributed by atoms with Crippen LogP contribution in [0.3, 0.4) is 0 Å². The first-order valence-electron chi connectivity index (χ1n) is 10.7. The van der Waals surface area contributed by atoms with Crippen LogP contribution < -0.4 is 5.56 Å². The number of sulfonamides is 1. The first kappa shape index (κ1) is 23.2. The summed E-state index contributed by atoms with van der Waals surface area (Å²) in [7, 11) is -3.94. The molecule has 1 N–H and O–H groups in total. The lowest BCUT2D eigenvalue weighted by atomic mass is 10.1. The Balaban J connectivity index is 1.73. The third-order valence-electron chi connectivity index (χ3n) is 5.61. The van der Waals surface area contributed by atoms with Crippen LogP contribution in [-0.2, 0) is 23.0 Å². The van der Waals surface area contributed by atoms with Gasteiger partial charge in [-0.1, -0.05) is 65.7 Å². The number of nitrogens with one attached hydrogen (secondary N) is 1. The summed E-state index contributed by atoms with van der Waals surface area (Å²) in [6.45, 7) is 4.11. The highest BCUT2D eigenvalue weighted by Gasteiger charge is 2.27. The highest BCUT2D eigenvalue weighted by atomic mass is 35.5. The molecule has 0 saturated carbocycles. The van der Waals surface area contributed by atoms with E-state index in [9.17, 15) is 13.2 Å². The van der Waals surface area contributed by atoms with E-state index in [0.29, 0.717) is 12.0 Å². The third kappa shape index (κ3) is 5.19. The van der Waals surface area contributed by atoms with Crippen LogP contribution in [0.15, 0.2) is 82.5 Å². The second-order valence-corrected chi connectivity index (χ2v) is 10.5. The van der Waals surface area contributed by atoms with E-state index in [1.54, 1.807) is 24.3 Å². The summed E-state index contributed by atoms with van der Waals surface area (Å²) in [5.41, 5.74) is 3.97. The minimum atomic E-state index is -3.94. The molecule has 0 fully saturated rings. The summed E-state index contributed by atoms with van der Waals surface area (Å²) in [5.74, 6) is 0. The fourth-order valence-corrected chi connectivity index (χ4v) is 5.78. The molecule has 4 rings (SSSR count). The SMILES string of the molecule is Cc1cccc(CCN(Cc2cc3ccc(C)cc3[nH]c2=O)S(=O)(=O)c2ccccc2Cl)c1. The van der Waals surface area contributed by atoms with E-state index in [1.165, 1.54) is 10.4 Å². The highest BCUT2D eigenvalue weighted by molar-refractivity contribution is 7.89. The van der Waals surface area contributed by atoms with E-state index in [2.05, 4.69) is 4.98 Å². The molecule has 0 spiro atoms. The van der Waals surface area contributed by atoms with Crippen molar-refractivity contribution in [1.82, 2.24) is 9.29 Å². The van der Waals surface area contributed by atoms with Crippen LogP contribution in [-0.4, -0.2) is 24.3 Å². The van der Waals surface area contributed by atoms with E-state index >= 15 is 0 Å². The molecule has 5 nitrogen and oxygen atoms in total. The molecule has 3 aromatic carbocycles. The van der Waals surface area contributed by atoms with Gasteiger partial charge in [-0.2, -0.15) is 4.31 Å². The quantitative estimate of drug-likeness (QED) is 0.393. The number of pyridine rings is 1. The standard InChI is InChI=1S/C26H25ClN2O3S/c1-18-6-5-7-20(14-18)12-13-29(33(31,32)25-9-4-3-8-23(25)27)17-22-16-21-11-10-19(2)15-24(21)28-26(22)30/h3-11,14-16H,12-13,17H2,1-2H3,(H,28,30). The topological polar surface area (TPSA) is 70.2 Å². The van der Waals surface area contributed by atoms with Crippen LogP contribution in [0.5, 0.6) is 0 Å². The molecule has 33 heavy (non-hydrogen) atoms. The average Bonchev–Trinajstić information content (AvgIpc) is 2.77. The molecular formula is C26H25ClN2O3S. The van der Waals surface area contributed by atoms with Gasteiger partial charge in [-0.15, -0.1) is 0 Å². The number of hydrogen-bond donors (Lipinski definition) is 1. The zero-order valence-electron chi connectivity index (χ0n) is 18.5. The average molecular weight is 481 g/mol. The molecule has 0 radical (unpaired) electrons. The number of aromatic amines is 1. The molecule has 170 valence electrons. The maximum atomic E-state index is 13.6. The molecule has 0 saturated heterocycles. The number of hydrogen-bond acceptors (Lipinski definition) is 3. The number of benzene rings is 3. The van der Waals surface area contributed by atoms with Crippen LogP contribution in [0.1, 0.15) is 22.3 Å². The van der Waals surface area contributed by atoms with E-state index in [-0.39, 0.29) is 28.6 Å². The summed E-state index contributed by atoms with van der Waals surface area (Å²) < 4.78 is 28.5. The number of aromatic nitrogens is 1. The molecule has 1 aromatic heterocycles. The third-order valence-corrected chi connectivity index (χ3v) is 7.96. The number of rotatable bonds is 7. The Kier molecular flexibility index (Phi) is 6.70. The molecule has 7 heteroatoms. The van der Waals surface area contributed by atoms with Gasteiger partial charge in [-0.3, -0.25) is 4.79 Å². The largest absolute Gasteiger partial charge is 0.322 e. The van der Waals surface area contributed by atoms with Crippen molar-refractivity contribution in [3.63, 3.8) is 0 Å². The summed E-state index contributed by atoms with van der Waals surface area (Å²) in [4.78, 5) is 15.7. The molecular weight excluding hydrogens is 456 g/mol. The number of nitrogens with zero attached hydrogens (tertiary/aromatic N) is 1. The lowest BCUT2D eigenvalue weighted by molar-refractivity contribution is 0.408. The number of aryl methyl sites for hydroxylation is 2. The maximum absolute atomic E-state index is 13.6. The Labute approximate surface area is 198 Å². The summed E-state index contributed by atoms with van der Waals surface area (Å²) in [6, 6.07) is 21.9. The predicted molar refractivity (Wildman–Crippen MR) is 133 cm³/mol. The van der Waals surface area contributed by atoms with Gasteiger partial charge in [-0.25, -0.2) is 8.42 Å². The van der Waals surface area contributed by atoms with E-state index in [1.807, 2.05) is 56.3 Å². The van der Waals surface area contributed by atoms with Gasteiger partial charge >= 0.3 is 0 Å². The van der Waals surface area contributed by atoms with Gasteiger partial charge < -0.3 is 4.98 Å². The van der Waals surface area contributed by atoms with E-state index < -0.39 is 10.0 Å². The molecule has 0 unspecified atom stereocenters.